The maximum Gasteiger partial charge on any atom is 0.276 e. The summed E-state index contributed by atoms with van der Waals surface area (Å²) in [6.07, 6.45) is 3.30. The Labute approximate surface area is 175 Å². The van der Waals surface area contributed by atoms with E-state index in [1.54, 1.807) is 26.6 Å². The van der Waals surface area contributed by atoms with Gasteiger partial charge in [0.1, 0.15) is 17.1 Å². The van der Waals surface area contributed by atoms with Crippen molar-refractivity contribution < 1.29 is 9.13 Å². The van der Waals surface area contributed by atoms with Gasteiger partial charge in [-0.2, -0.15) is 5.10 Å². The smallest absolute Gasteiger partial charge is 0.276 e. The summed E-state index contributed by atoms with van der Waals surface area (Å²) < 4.78 is 22.3. The van der Waals surface area contributed by atoms with Crippen LogP contribution in [0.1, 0.15) is 19.4 Å². The second kappa shape index (κ2) is 8.20. The van der Waals surface area contributed by atoms with E-state index in [2.05, 4.69) is 33.8 Å². The monoisotopic (exact) mass is 413 g/mol. The lowest BCUT2D eigenvalue weighted by atomic mass is 10.0. The maximum atomic E-state index is 15.2. The predicted molar refractivity (Wildman–Crippen MR) is 115 cm³/mol. The first-order chi connectivity index (χ1) is 14.4. The number of rotatable bonds is 5. The number of hydrogen-bond donors (Lipinski definition) is 1. The fraction of sp³-hybridized carbons (Fsp3) is 0.455. The molecule has 0 spiro atoms. The quantitative estimate of drug-likeness (QED) is 0.697. The van der Waals surface area contributed by atoms with E-state index in [4.69, 9.17) is 4.74 Å². The van der Waals surface area contributed by atoms with Crippen LogP contribution < -0.4 is 10.3 Å². The fourth-order valence-electron chi connectivity index (χ4n) is 4.15. The van der Waals surface area contributed by atoms with Gasteiger partial charge in [0.2, 0.25) is 0 Å². The molecule has 0 unspecified atom stereocenters. The number of aryl methyl sites for hydroxylation is 1. The average Bonchev–Trinajstić information content (AvgIpc) is 3.22. The summed E-state index contributed by atoms with van der Waals surface area (Å²) in [7, 11) is 3.23. The van der Waals surface area contributed by atoms with Gasteiger partial charge in [0, 0.05) is 68.5 Å². The number of nitrogens with one attached hydrogen (secondary N) is 1. The van der Waals surface area contributed by atoms with Crippen molar-refractivity contribution in [1.29, 1.82) is 0 Å². The third-order valence-corrected chi connectivity index (χ3v) is 5.99. The number of ether oxygens (including phenoxy) is 1. The molecule has 3 heterocycles. The van der Waals surface area contributed by atoms with Crippen LogP contribution in [0.5, 0.6) is 5.75 Å². The van der Waals surface area contributed by atoms with Crippen molar-refractivity contribution in [3.63, 3.8) is 0 Å². The molecule has 0 saturated carbocycles. The van der Waals surface area contributed by atoms with Crippen molar-refractivity contribution in [2.24, 2.45) is 7.05 Å². The Hall–Kier alpha value is -2.71. The minimum absolute atomic E-state index is 0.171. The molecule has 1 N–H and O–H groups in total. The number of methoxy groups -OCH3 is 1. The van der Waals surface area contributed by atoms with Gasteiger partial charge in [0.25, 0.3) is 5.56 Å². The highest BCUT2D eigenvalue weighted by Crippen LogP contribution is 2.33. The Kier molecular flexibility index (Phi) is 5.62. The largest absolute Gasteiger partial charge is 0.496 e. The van der Waals surface area contributed by atoms with Gasteiger partial charge < -0.3 is 9.30 Å². The number of piperazine rings is 1. The molecule has 3 aromatic rings. The number of aromatic nitrogens is 3. The Morgan fingerprint density at radius 3 is 2.63 bits per heavy atom. The van der Waals surface area contributed by atoms with Crippen molar-refractivity contribution >= 4 is 10.9 Å². The van der Waals surface area contributed by atoms with Gasteiger partial charge in [-0.05, 0) is 31.5 Å². The van der Waals surface area contributed by atoms with Gasteiger partial charge in [0.15, 0.2) is 0 Å². The summed E-state index contributed by atoms with van der Waals surface area (Å²) >= 11 is 0. The third-order valence-electron chi connectivity index (χ3n) is 5.99. The van der Waals surface area contributed by atoms with E-state index < -0.39 is 0 Å². The lowest BCUT2D eigenvalue weighted by molar-refractivity contribution is 0.102. The molecule has 1 aliphatic rings. The standard InChI is InChI=1S/C22H28FN5O2/c1-14(2)28-7-5-27(6-8-28)13-18-19(23)9-15(10-20(18)30-4)17-12-26(3)22(29)21-16(17)11-24-25-21/h9-12,14H,5-8,13H2,1-4H3,(H,24,25). The van der Waals surface area contributed by atoms with Crippen molar-refractivity contribution in [1.82, 2.24) is 24.6 Å². The number of aromatic amines is 1. The second-order valence-electron chi connectivity index (χ2n) is 8.16. The van der Waals surface area contributed by atoms with Gasteiger partial charge in [-0.15, -0.1) is 0 Å². The molecule has 8 heteroatoms. The second-order valence-corrected chi connectivity index (χ2v) is 8.16. The molecule has 1 aromatic carbocycles. The first-order valence-electron chi connectivity index (χ1n) is 10.2. The molecule has 0 bridgehead atoms. The highest BCUT2D eigenvalue weighted by Gasteiger charge is 2.22. The average molecular weight is 413 g/mol. The molecule has 1 fully saturated rings. The van der Waals surface area contributed by atoms with Gasteiger partial charge in [-0.1, -0.05) is 0 Å². The van der Waals surface area contributed by atoms with E-state index in [1.165, 1.54) is 10.6 Å². The summed E-state index contributed by atoms with van der Waals surface area (Å²) in [4.78, 5) is 17.0. The molecule has 0 radical (unpaired) electrons. The molecular formula is C22H28FN5O2. The molecule has 1 saturated heterocycles. The van der Waals surface area contributed by atoms with Crippen LogP contribution in [0.15, 0.2) is 29.3 Å². The van der Waals surface area contributed by atoms with Gasteiger partial charge in [-0.25, -0.2) is 4.39 Å². The van der Waals surface area contributed by atoms with Crippen LogP contribution >= 0.6 is 0 Å². The molecule has 0 atom stereocenters. The fourth-order valence-corrected chi connectivity index (χ4v) is 4.15. The Morgan fingerprint density at radius 2 is 1.97 bits per heavy atom. The zero-order valence-corrected chi connectivity index (χ0v) is 17.9. The number of halogens is 1. The van der Waals surface area contributed by atoms with Crippen molar-refractivity contribution in [2.45, 2.75) is 26.4 Å². The molecule has 1 aliphatic heterocycles. The lowest BCUT2D eigenvalue weighted by Crippen LogP contribution is -2.48. The third kappa shape index (κ3) is 3.73. The number of fused-ring (bicyclic) bond motifs is 1. The van der Waals surface area contributed by atoms with E-state index in [1.807, 2.05) is 6.07 Å². The van der Waals surface area contributed by atoms with Crippen LogP contribution in [0.3, 0.4) is 0 Å². The van der Waals surface area contributed by atoms with E-state index in [9.17, 15) is 4.79 Å². The van der Waals surface area contributed by atoms with Gasteiger partial charge in [-0.3, -0.25) is 19.7 Å². The number of nitrogens with zero attached hydrogens (tertiary/aromatic N) is 4. The first kappa shape index (κ1) is 20.6. The molecule has 7 nitrogen and oxygen atoms in total. The number of pyridine rings is 1. The predicted octanol–water partition coefficient (Wildman–Crippen LogP) is 2.60. The zero-order chi connectivity index (χ0) is 21.4. The summed E-state index contributed by atoms with van der Waals surface area (Å²) in [6, 6.07) is 3.89. The summed E-state index contributed by atoms with van der Waals surface area (Å²) in [6.45, 7) is 8.68. The lowest BCUT2D eigenvalue weighted by Gasteiger charge is -2.37. The molecular weight excluding hydrogens is 385 g/mol. The van der Waals surface area contributed by atoms with Crippen molar-refractivity contribution in [3.05, 3.63) is 46.3 Å². The van der Waals surface area contributed by atoms with Crippen molar-refractivity contribution in [3.8, 4) is 16.9 Å². The Balaban J connectivity index is 1.67. The van der Waals surface area contributed by atoms with E-state index in [0.717, 1.165) is 31.7 Å². The minimum atomic E-state index is -0.305. The highest BCUT2D eigenvalue weighted by atomic mass is 19.1. The van der Waals surface area contributed by atoms with Crippen LogP contribution in [-0.4, -0.2) is 63.9 Å². The maximum absolute atomic E-state index is 15.2. The van der Waals surface area contributed by atoms with Crippen molar-refractivity contribution in [2.75, 3.05) is 33.3 Å². The molecule has 160 valence electrons. The number of benzene rings is 1. The SMILES string of the molecule is COc1cc(-c2cn(C)c(=O)c3[nH]ncc23)cc(F)c1CN1CCN(C(C)C)CC1. The van der Waals surface area contributed by atoms with Gasteiger partial charge >= 0.3 is 0 Å². The molecule has 0 aliphatic carbocycles. The van der Waals surface area contributed by atoms with E-state index in [0.29, 0.717) is 40.4 Å². The Bertz CT molecular complexity index is 1110. The van der Waals surface area contributed by atoms with E-state index >= 15 is 4.39 Å². The first-order valence-corrected chi connectivity index (χ1v) is 10.2. The summed E-state index contributed by atoms with van der Waals surface area (Å²) in [5.41, 5.74) is 2.18. The molecule has 4 rings (SSSR count). The van der Waals surface area contributed by atoms with Crippen LogP contribution in [-0.2, 0) is 13.6 Å². The zero-order valence-electron chi connectivity index (χ0n) is 17.9. The highest BCUT2D eigenvalue weighted by molar-refractivity contribution is 5.93. The van der Waals surface area contributed by atoms with Crippen LogP contribution in [0.25, 0.3) is 22.0 Å². The van der Waals surface area contributed by atoms with Crippen LogP contribution in [0, 0.1) is 5.82 Å². The molecule has 2 aromatic heterocycles. The Morgan fingerprint density at radius 1 is 1.23 bits per heavy atom. The topological polar surface area (TPSA) is 66.4 Å². The van der Waals surface area contributed by atoms with Crippen LogP contribution in [0.4, 0.5) is 4.39 Å². The molecule has 0 amide bonds. The normalized spacial score (nSPS) is 15.9. The van der Waals surface area contributed by atoms with Gasteiger partial charge in [0.05, 0.1) is 13.3 Å². The summed E-state index contributed by atoms with van der Waals surface area (Å²) in [5.74, 6) is 0.211. The van der Waals surface area contributed by atoms with Crippen LogP contribution in [0.2, 0.25) is 0 Å². The minimum Gasteiger partial charge on any atom is -0.496 e. The number of hydrogen-bond acceptors (Lipinski definition) is 5. The summed E-state index contributed by atoms with van der Waals surface area (Å²) in [5, 5.41) is 7.40. The molecule has 30 heavy (non-hydrogen) atoms. The number of H-pyrrole nitrogens is 1. The van der Waals surface area contributed by atoms with E-state index in [-0.39, 0.29) is 11.4 Å².